The van der Waals surface area contributed by atoms with Crippen LogP contribution in [0.3, 0.4) is 0 Å². The maximum absolute atomic E-state index is 13.0. The molecule has 0 aliphatic rings. The van der Waals surface area contributed by atoms with Gasteiger partial charge in [0, 0.05) is 17.5 Å². The summed E-state index contributed by atoms with van der Waals surface area (Å²) < 4.78 is 27.1. The van der Waals surface area contributed by atoms with E-state index in [9.17, 15) is 13.2 Å². The highest BCUT2D eigenvalue weighted by Gasteiger charge is 2.22. The Hall–Kier alpha value is -2.77. The van der Waals surface area contributed by atoms with Gasteiger partial charge in [-0.1, -0.05) is 36.8 Å². The molecule has 0 heterocycles. The zero-order chi connectivity index (χ0) is 23.3. The van der Waals surface area contributed by atoms with Gasteiger partial charge in [0.15, 0.2) is 0 Å². The summed E-state index contributed by atoms with van der Waals surface area (Å²) in [6, 6.07) is 21.4. The molecule has 3 aromatic carbocycles. The largest absolute Gasteiger partial charge is 0.345 e. The Morgan fingerprint density at radius 2 is 1.56 bits per heavy atom. The lowest BCUT2D eigenvalue weighted by atomic mass is 10.0. The van der Waals surface area contributed by atoms with Crippen molar-refractivity contribution in [2.75, 3.05) is 17.6 Å². The first-order valence-electron chi connectivity index (χ1n) is 10.4. The van der Waals surface area contributed by atoms with Crippen LogP contribution in [0.4, 0.5) is 5.69 Å². The van der Waals surface area contributed by atoms with Gasteiger partial charge in [0.25, 0.3) is 15.9 Å². The van der Waals surface area contributed by atoms with E-state index in [1.54, 1.807) is 60.3 Å². The van der Waals surface area contributed by atoms with E-state index in [1.807, 2.05) is 44.4 Å². The third-order valence-electron chi connectivity index (χ3n) is 5.40. The molecule has 0 radical (unpaired) electrons. The molecule has 168 valence electrons. The highest BCUT2D eigenvalue weighted by Crippen LogP contribution is 2.25. The summed E-state index contributed by atoms with van der Waals surface area (Å²) in [5.41, 5.74) is 3.20. The molecule has 0 spiro atoms. The zero-order valence-electron chi connectivity index (χ0n) is 18.7. The molecule has 0 aromatic heterocycles. The predicted molar refractivity (Wildman–Crippen MR) is 132 cm³/mol. The van der Waals surface area contributed by atoms with Gasteiger partial charge in [-0.2, -0.15) is 0 Å². The summed E-state index contributed by atoms with van der Waals surface area (Å²) in [5, 5.41) is 3.06. The first kappa shape index (κ1) is 23.9. The van der Waals surface area contributed by atoms with Crippen LogP contribution < -0.4 is 9.62 Å². The topological polar surface area (TPSA) is 66.5 Å². The fourth-order valence-electron chi connectivity index (χ4n) is 3.33. The van der Waals surface area contributed by atoms with Crippen molar-refractivity contribution in [2.45, 2.75) is 36.1 Å². The number of hydrogen-bond donors (Lipinski definition) is 1. The first-order chi connectivity index (χ1) is 15.3. The second-order valence-corrected chi connectivity index (χ2v) is 10.4. The molecule has 3 rings (SSSR count). The molecule has 0 fully saturated rings. The van der Waals surface area contributed by atoms with E-state index in [0.29, 0.717) is 11.3 Å². The number of sulfonamides is 1. The van der Waals surface area contributed by atoms with Crippen molar-refractivity contribution in [1.29, 1.82) is 0 Å². The van der Waals surface area contributed by atoms with Crippen molar-refractivity contribution in [2.24, 2.45) is 0 Å². The van der Waals surface area contributed by atoms with E-state index < -0.39 is 10.0 Å². The standard InChI is InChI=1S/C25H28N2O3S2/c1-5-24(19-8-6-18(2)7-9-19)26-25(28)20-10-12-21(13-11-20)27(3)32(29,30)23-16-14-22(31-4)15-17-23/h6-17,24H,5H2,1-4H3,(H,26,28)/t24-/m1/s1. The van der Waals surface area contributed by atoms with Gasteiger partial charge in [-0.25, -0.2) is 8.42 Å². The molecule has 0 bridgehead atoms. The van der Waals surface area contributed by atoms with E-state index in [2.05, 4.69) is 5.32 Å². The molecule has 0 aliphatic carbocycles. The molecule has 0 saturated heterocycles. The monoisotopic (exact) mass is 468 g/mol. The lowest BCUT2D eigenvalue weighted by molar-refractivity contribution is 0.0935. The normalized spacial score (nSPS) is 12.2. The number of nitrogens with one attached hydrogen (secondary N) is 1. The molecular weight excluding hydrogens is 440 g/mol. The Bertz CT molecular complexity index is 1160. The van der Waals surface area contributed by atoms with Gasteiger partial charge in [-0.05, 0) is 73.7 Å². The molecule has 0 aliphatic heterocycles. The molecular formula is C25H28N2O3S2. The summed E-state index contributed by atoms with van der Waals surface area (Å²) >= 11 is 1.56. The van der Waals surface area contributed by atoms with E-state index in [-0.39, 0.29) is 16.8 Å². The van der Waals surface area contributed by atoms with Crippen LogP contribution in [0.5, 0.6) is 0 Å². The third-order valence-corrected chi connectivity index (χ3v) is 7.95. The first-order valence-corrected chi connectivity index (χ1v) is 13.0. The van der Waals surface area contributed by atoms with E-state index in [1.165, 1.54) is 16.9 Å². The summed E-state index contributed by atoms with van der Waals surface area (Å²) in [5.74, 6) is -0.192. The van der Waals surface area contributed by atoms with Crippen molar-refractivity contribution < 1.29 is 13.2 Å². The average Bonchev–Trinajstić information content (AvgIpc) is 2.82. The second kappa shape index (κ2) is 10.2. The van der Waals surface area contributed by atoms with Gasteiger partial charge in [-0.15, -0.1) is 11.8 Å². The molecule has 1 atom stereocenters. The summed E-state index contributed by atoms with van der Waals surface area (Å²) in [4.78, 5) is 14.0. The smallest absolute Gasteiger partial charge is 0.264 e. The Labute approximate surface area is 194 Å². The van der Waals surface area contributed by atoms with Crippen molar-refractivity contribution in [3.05, 3.63) is 89.5 Å². The number of carbonyl (C=O) groups is 1. The van der Waals surface area contributed by atoms with Crippen LogP contribution in [0.1, 0.15) is 40.9 Å². The molecule has 1 amide bonds. The number of nitrogens with zero attached hydrogens (tertiary/aromatic N) is 1. The predicted octanol–water partition coefficient (Wildman–Crippen LogP) is 5.42. The minimum Gasteiger partial charge on any atom is -0.345 e. The fraction of sp³-hybridized carbons (Fsp3) is 0.240. The molecule has 0 saturated carbocycles. The lowest BCUT2D eigenvalue weighted by Gasteiger charge is -2.20. The van der Waals surface area contributed by atoms with E-state index in [4.69, 9.17) is 0 Å². The summed E-state index contributed by atoms with van der Waals surface area (Å²) in [7, 11) is -2.18. The van der Waals surface area contributed by atoms with Crippen LogP contribution in [-0.4, -0.2) is 27.6 Å². The molecule has 7 heteroatoms. The highest BCUT2D eigenvalue weighted by molar-refractivity contribution is 7.98. The SMILES string of the molecule is CC[C@@H](NC(=O)c1ccc(N(C)S(=O)(=O)c2ccc(SC)cc2)cc1)c1ccc(C)cc1. The number of amides is 1. The zero-order valence-corrected chi connectivity index (χ0v) is 20.3. The number of benzene rings is 3. The van der Waals surface area contributed by atoms with Gasteiger partial charge < -0.3 is 5.32 Å². The van der Waals surface area contributed by atoms with Gasteiger partial charge in [0.05, 0.1) is 16.6 Å². The highest BCUT2D eigenvalue weighted by atomic mass is 32.2. The van der Waals surface area contributed by atoms with Crippen LogP contribution in [0.2, 0.25) is 0 Å². The van der Waals surface area contributed by atoms with Crippen molar-refractivity contribution in [1.82, 2.24) is 5.32 Å². The van der Waals surface area contributed by atoms with Crippen LogP contribution in [0.15, 0.2) is 82.6 Å². The Balaban J connectivity index is 1.74. The van der Waals surface area contributed by atoms with Crippen LogP contribution in [-0.2, 0) is 10.0 Å². The molecule has 32 heavy (non-hydrogen) atoms. The van der Waals surface area contributed by atoms with Gasteiger partial charge in [-0.3, -0.25) is 9.10 Å². The maximum atomic E-state index is 13.0. The quantitative estimate of drug-likeness (QED) is 0.448. The number of anilines is 1. The lowest BCUT2D eigenvalue weighted by Crippen LogP contribution is -2.28. The number of hydrogen-bond acceptors (Lipinski definition) is 4. The average molecular weight is 469 g/mol. The second-order valence-electron chi connectivity index (χ2n) is 7.54. The summed E-state index contributed by atoms with van der Waals surface area (Å²) in [6.07, 6.45) is 2.71. The number of aryl methyl sites for hydroxylation is 1. The minimum atomic E-state index is -3.69. The Morgan fingerprint density at radius 3 is 2.09 bits per heavy atom. The van der Waals surface area contributed by atoms with Gasteiger partial charge in [0.1, 0.15) is 0 Å². The number of thioether (sulfide) groups is 1. The van der Waals surface area contributed by atoms with E-state index >= 15 is 0 Å². The summed E-state index contributed by atoms with van der Waals surface area (Å²) in [6.45, 7) is 4.06. The van der Waals surface area contributed by atoms with E-state index in [0.717, 1.165) is 16.9 Å². The van der Waals surface area contributed by atoms with Crippen molar-refractivity contribution in [3.8, 4) is 0 Å². The van der Waals surface area contributed by atoms with Crippen LogP contribution in [0.25, 0.3) is 0 Å². The third kappa shape index (κ3) is 5.34. The van der Waals surface area contributed by atoms with Crippen LogP contribution >= 0.6 is 11.8 Å². The molecule has 3 aromatic rings. The fourth-order valence-corrected chi connectivity index (χ4v) is 4.93. The van der Waals surface area contributed by atoms with Crippen LogP contribution in [0, 0.1) is 6.92 Å². The molecule has 0 unspecified atom stereocenters. The minimum absolute atomic E-state index is 0.0879. The number of carbonyl (C=O) groups excluding carboxylic acids is 1. The Morgan fingerprint density at radius 1 is 0.969 bits per heavy atom. The Kier molecular flexibility index (Phi) is 7.64. The van der Waals surface area contributed by atoms with Crippen molar-refractivity contribution >= 4 is 33.4 Å². The van der Waals surface area contributed by atoms with Gasteiger partial charge in [0.2, 0.25) is 0 Å². The van der Waals surface area contributed by atoms with Crippen molar-refractivity contribution in [3.63, 3.8) is 0 Å². The molecule has 1 N–H and O–H groups in total. The van der Waals surface area contributed by atoms with Gasteiger partial charge >= 0.3 is 0 Å². The maximum Gasteiger partial charge on any atom is 0.264 e. The number of rotatable bonds is 8. The molecule has 5 nitrogen and oxygen atoms in total.